The average molecular weight is 505 g/mol. The Morgan fingerprint density at radius 1 is 1.05 bits per heavy atom. The van der Waals surface area contributed by atoms with Gasteiger partial charge in [0.25, 0.3) is 5.69 Å². The monoisotopic (exact) mass is 504 g/mol. The first kappa shape index (κ1) is 25.0. The summed E-state index contributed by atoms with van der Waals surface area (Å²) in [5.74, 6) is -0.451. The molecule has 4 aromatic rings. The average Bonchev–Trinajstić information content (AvgIpc) is 3.18. The summed E-state index contributed by atoms with van der Waals surface area (Å²) in [5, 5.41) is 23.4. The van der Waals surface area contributed by atoms with E-state index in [0.29, 0.717) is 22.2 Å². The summed E-state index contributed by atoms with van der Waals surface area (Å²) in [6.45, 7) is 10.4. The zero-order valence-electron chi connectivity index (χ0n) is 21.8. The minimum absolute atomic E-state index is 0.0834. The molecule has 38 heavy (non-hydrogen) atoms. The number of carbonyl (C=O) groups is 1. The van der Waals surface area contributed by atoms with Crippen molar-refractivity contribution in [1.82, 2.24) is 4.57 Å². The molecule has 0 bridgehead atoms. The molecule has 1 aliphatic carbocycles. The molecule has 5 rings (SSSR count). The van der Waals surface area contributed by atoms with Crippen molar-refractivity contribution in [2.45, 2.75) is 26.2 Å². The maximum atomic E-state index is 13.6. The van der Waals surface area contributed by atoms with Gasteiger partial charge < -0.3 is 9.67 Å². The van der Waals surface area contributed by atoms with Gasteiger partial charge in [0.2, 0.25) is 5.78 Å². The van der Waals surface area contributed by atoms with Gasteiger partial charge in [0.05, 0.1) is 21.8 Å². The van der Waals surface area contributed by atoms with Crippen LogP contribution in [0, 0.1) is 17.0 Å². The molecule has 0 spiro atoms. The molecule has 6 nitrogen and oxygen atoms in total. The summed E-state index contributed by atoms with van der Waals surface area (Å²) in [5.41, 5.74) is 5.43. The van der Waals surface area contributed by atoms with Crippen LogP contribution < -0.4 is 0 Å². The molecule has 3 aromatic carbocycles. The molecule has 0 unspecified atom stereocenters. The van der Waals surface area contributed by atoms with Crippen molar-refractivity contribution in [3.05, 3.63) is 129 Å². The predicted molar refractivity (Wildman–Crippen MR) is 151 cm³/mol. The largest absolute Gasteiger partial charge is 0.506 e. The second kappa shape index (κ2) is 8.99. The number of aryl methyl sites for hydroxylation is 2. The number of aliphatic hydroxyl groups excluding tert-OH is 1. The Balaban J connectivity index is 1.69. The Morgan fingerprint density at radius 3 is 2.34 bits per heavy atom. The maximum Gasteiger partial charge on any atom is 0.270 e. The molecule has 0 saturated heterocycles. The number of nitro groups is 1. The number of allylic oxidation sites excluding steroid dienone is 4. The van der Waals surface area contributed by atoms with Gasteiger partial charge in [-0.05, 0) is 41.3 Å². The second-order valence-electron chi connectivity index (χ2n) is 10.2. The number of benzene rings is 3. The summed E-state index contributed by atoms with van der Waals surface area (Å²) in [6.07, 6.45) is 1.66. The van der Waals surface area contributed by atoms with Gasteiger partial charge in [-0.2, -0.15) is 0 Å². The van der Waals surface area contributed by atoms with Crippen LogP contribution in [0.5, 0.6) is 0 Å². The number of ketones is 1. The third-order valence-corrected chi connectivity index (χ3v) is 7.59. The van der Waals surface area contributed by atoms with E-state index in [0.717, 1.165) is 22.2 Å². The van der Waals surface area contributed by atoms with Gasteiger partial charge in [-0.3, -0.25) is 14.9 Å². The number of hydrogen-bond acceptors (Lipinski definition) is 4. The van der Waals surface area contributed by atoms with E-state index in [9.17, 15) is 20.0 Å². The van der Waals surface area contributed by atoms with Crippen LogP contribution in [-0.4, -0.2) is 20.4 Å². The molecular weight excluding hydrogens is 476 g/mol. The number of rotatable bonds is 6. The minimum atomic E-state index is -0.468. The first-order valence-electron chi connectivity index (χ1n) is 12.3. The Labute approximate surface area is 221 Å². The van der Waals surface area contributed by atoms with Crippen LogP contribution in [0.3, 0.4) is 0 Å². The molecule has 0 atom stereocenters. The fourth-order valence-electron chi connectivity index (χ4n) is 5.32. The molecule has 0 saturated carbocycles. The first-order valence-corrected chi connectivity index (χ1v) is 12.3. The van der Waals surface area contributed by atoms with Crippen molar-refractivity contribution in [2.75, 3.05) is 0 Å². The van der Waals surface area contributed by atoms with Crippen molar-refractivity contribution >= 4 is 27.9 Å². The highest BCUT2D eigenvalue weighted by Gasteiger charge is 2.39. The summed E-state index contributed by atoms with van der Waals surface area (Å²) >= 11 is 0. The van der Waals surface area contributed by atoms with Crippen LogP contribution in [-0.2, 0) is 17.3 Å². The number of hydrogen-bond donors (Lipinski definition) is 1. The highest BCUT2D eigenvalue weighted by molar-refractivity contribution is 6.41. The lowest BCUT2D eigenvalue weighted by Crippen LogP contribution is -2.25. The zero-order valence-corrected chi connectivity index (χ0v) is 21.8. The number of fused-ring (bicyclic) bond motifs is 1. The van der Waals surface area contributed by atoms with Crippen LogP contribution in [0.25, 0.3) is 27.7 Å². The summed E-state index contributed by atoms with van der Waals surface area (Å²) < 4.78 is 1.90. The maximum absolute atomic E-state index is 13.6. The van der Waals surface area contributed by atoms with Crippen molar-refractivity contribution in [1.29, 1.82) is 0 Å². The summed E-state index contributed by atoms with van der Waals surface area (Å²) in [6, 6.07) is 22.1. The Bertz CT molecular complexity index is 1720. The fourth-order valence-corrected chi connectivity index (χ4v) is 5.32. The van der Waals surface area contributed by atoms with E-state index in [1.54, 1.807) is 12.1 Å². The van der Waals surface area contributed by atoms with Gasteiger partial charge in [-0.25, -0.2) is 0 Å². The van der Waals surface area contributed by atoms with Crippen LogP contribution in [0.15, 0.2) is 102 Å². The number of Topliss-reactive ketones (excluding diaryl/α,β-unsaturated/α-hetero) is 1. The lowest BCUT2D eigenvalue weighted by Gasteiger charge is -2.30. The Kier molecular flexibility index (Phi) is 5.91. The number of nitro benzene ring substituents is 1. The molecule has 0 radical (unpaired) electrons. The lowest BCUT2D eigenvalue weighted by atomic mass is 9.73. The third kappa shape index (κ3) is 3.77. The van der Waals surface area contributed by atoms with Crippen molar-refractivity contribution in [3.63, 3.8) is 0 Å². The fraction of sp³-hybridized carbons (Fsp3) is 0.156. The Morgan fingerprint density at radius 2 is 1.71 bits per heavy atom. The van der Waals surface area contributed by atoms with Crippen LogP contribution in [0.1, 0.15) is 30.5 Å². The van der Waals surface area contributed by atoms with Gasteiger partial charge in [-0.1, -0.05) is 75.0 Å². The number of aliphatic hydroxyl groups is 1. The SMILES string of the molecule is C=C(/C=C1/C(=O)C(c2c(-c3ccccc3)n(C)c3ccc([N+](=O)[O-])cc23)=C1O)C(C)(C)c1ccccc1C. The molecular formula is C32H28N2O4. The van der Waals surface area contributed by atoms with E-state index in [1.807, 2.05) is 87.0 Å². The van der Waals surface area contributed by atoms with Gasteiger partial charge in [0, 0.05) is 41.1 Å². The van der Waals surface area contributed by atoms with Crippen molar-refractivity contribution in [2.24, 2.45) is 7.05 Å². The van der Waals surface area contributed by atoms with E-state index < -0.39 is 10.3 Å². The zero-order chi connectivity index (χ0) is 27.4. The highest BCUT2D eigenvalue weighted by Crippen LogP contribution is 2.46. The highest BCUT2D eigenvalue weighted by atomic mass is 16.6. The molecule has 1 N–H and O–H groups in total. The molecule has 190 valence electrons. The quantitative estimate of drug-likeness (QED) is 0.169. The number of non-ortho nitro benzene ring substituents is 1. The molecule has 0 amide bonds. The van der Waals surface area contributed by atoms with Gasteiger partial charge in [0.15, 0.2) is 0 Å². The smallest absolute Gasteiger partial charge is 0.270 e. The molecule has 0 aliphatic heterocycles. The molecule has 1 aromatic heterocycles. The van der Waals surface area contributed by atoms with Gasteiger partial charge in [-0.15, -0.1) is 0 Å². The van der Waals surface area contributed by atoms with E-state index in [1.165, 1.54) is 12.1 Å². The van der Waals surface area contributed by atoms with Crippen molar-refractivity contribution in [3.8, 4) is 11.3 Å². The third-order valence-electron chi connectivity index (χ3n) is 7.59. The summed E-state index contributed by atoms with van der Waals surface area (Å²) in [4.78, 5) is 24.7. The van der Waals surface area contributed by atoms with Gasteiger partial charge in [0.1, 0.15) is 5.76 Å². The first-order chi connectivity index (χ1) is 18.0. The predicted octanol–water partition coefficient (Wildman–Crippen LogP) is 7.37. The standard InChI is InChI=1S/C32H28N2O4/c1-19-11-9-10-14-25(19)32(3,4)20(2)17-24-30(35)28(31(24)36)27-23-18-22(34(37)38)15-16-26(23)33(5)29(27)21-12-7-6-8-13-21/h6-18,35H,2H2,1,3-5H3/b24-17+. The van der Waals surface area contributed by atoms with E-state index in [2.05, 4.69) is 6.58 Å². The van der Waals surface area contributed by atoms with Crippen LogP contribution in [0.2, 0.25) is 0 Å². The lowest BCUT2D eigenvalue weighted by molar-refractivity contribution is -0.384. The number of nitrogens with zero attached hydrogens (tertiary/aromatic N) is 2. The second-order valence-corrected chi connectivity index (χ2v) is 10.2. The van der Waals surface area contributed by atoms with Crippen molar-refractivity contribution < 1.29 is 14.8 Å². The van der Waals surface area contributed by atoms with Crippen LogP contribution in [0.4, 0.5) is 5.69 Å². The van der Waals surface area contributed by atoms with Gasteiger partial charge >= 0.3 is 0 Å². The minimum Gasteiger partial charge on any atom is -0.506 e. The summed E-state index contributed by atoms with van der Waals surface area (Å²) in [7, 11) is 1.85. The normalized spacial score (nSPS) is 14.7. The Hall–Kier alpha value is -4.71. The van der Waals surface area contributed by atoms with Crippen LogP contribution >= 0.6 is 0 Å². The molecule has 6 heteroatoms. The van der Waals surface area contributed by atoms with E-state index in [4.69, 9.17) is 0 Å². The molecule has 1 heterocycles. The molecule has 0 fully saturated rings. The topological polar surface area (TPSA) is 85.4 Å². The number of aromatic nitrogens is 1. The van der Waals surface area contributed by atoms with E-state index in [-0.39, 0.29) is 28.4 Å². The molecule has 1 aliphatic rings. The number of carbonyl (C=O) groups excluding carboxylic acids is 1. The van der Waals surface area contributed by atoms with E-state index >= 15 is 0 Å².